The highest BCUT2D eigenvalue weighted by Crippen LogP contribution is 2.47. The van der Waals surface area contributed by atoms with Gasteiger partial charge in [-0.1, -0.05) is 6.42 Å². The lowest BCUT2D eigenvalue weighted by molar-refractivity contribution is 0.151. The Balaban J connectivity index is 1.58. The summed E-state index contributed by atoms with van der Waals surface area (Å²) in [6.45, 7) is 2.96. The van der Waals surface area contributed by atoms with Crippen LogP contribution in [0.3, 0.4) is 0 Å². The molecule has 2 fully saturated rings. The first kappa shape index (κ1) is 12.4. The molecule has 1 spiro atoms. The fraction of sp³-hybridized carbons (Fsp3) is 0.769. The molecule has 0 amide bonds. The summed E-state index contributed by atoms with van der Waals surface area (Å²) < 4.78 is 1.93. The highest BCUT2D eigenvalue weighted by molar-refractivity contribution is 5.80. The Bertz CT molecular complexity index is 473. The van der Waals surface area contributed by atoms with Crippen molar-refractivity contribution < 1.29 is 0 Å². The molecule has 1 N–H and O–H groups in total. The van der Waals surface area contributed by atoms with Crippen LogP contribution in [0.25, 0.3) is 0 Å². The van der Waals surface area contributed by atoms with Crippen LogP contribution in [0.15, 0.2) is 11.3 Å². The van der Waals surface area contributed by atoms with Crippen molar-refractivity contribution in [3.8, 4) is 0 Å². The first-order chi connectivity index (χ1) is 9.22. The van der Waals surface area contributed by atoms with Gasteiger partial charge in [-0.25, -0.2) is 0 Å². The van der Waals surface area contributed by atoms with Crippen molar-refractivity contribution in [2.45, 2.75) is 32.2 Å². The summed E-state index contributed by atoms with van der Waals surface area (Å²) in [6, 6.07) is 0. The predicted molar refractivity (Wildman–Crippen MR) is 73.7 cm³/mol. The molecule has 6 nitrogen and oxygen atoms in total. The molecule has 2 heterocycles. The lowest BCUT2D eigenvalue weighted by atomic mass is 9.68. The second kappa shape index (κ2) is 4.83. The van der Waals surface area contributed by atoms with E-state index in [1.165, 1.54) is 25.7 Å². The molecule has 0 bridgehead atoms. The average molecular weight is 262 g/mol. The maximum atomic E-state index is 4.40. The van der Waals surface area contributed by atoms with Gasteiger partial charge >= 0.3 is 0 Å². The third kappa shape index (κ3) is 2.31. The Kier molecular flexibility index (Phi) is 3.16. The average Bonchev–Trinajstić information content (AvgIpc) is 2.97. The quantitative estimate of drug-likeness (QED) is 0.632. The first-order valence-electron chi connectivity index (χ1n) is 7.01. The van der Waals surface area contributed by atoms with Crippen molar-refractivity contribution in [1.29, 1.82) is 0 Å². The molecule has 3 rings (SSSR count). The molecule has 0 atom stereocenters. The molecule has 2 aliphatic rings. The van der Waals surface area contributed by atoms with E-state index in [9.17, 15) is 0 Å². The number of rotatable bonds is 2. The Hall–Kier alpha value is -1.59. The number of hydrogen-bond donors (Lipinski definition) is 1. The first-order valence-corrected chi connectivity index (χ1v) is 7.01. The van der Waals surface area contributed by atoms with Gasteiger partial charge in [-0.3, -0.25) is 4.99 Å². The van der Waals surface area contributed by atoms with E-state index in [0.717, 1.165) is 24.9 Å². The minimum Gasteiger partial charge on any atom is -0.349 e. The summed E-state index contributed by atoms with van der Waals surface area (Å²) in [7, 11) is 3.81. The zero-order valence-corrected chi connectivity index (χ0v) is 11.8. The number of hydrogen-bond acceptors (Lipinski definition) is 3. The van der Waals surface area contributed by atoms with Gasteiger partial charge in [0.25, 0.3) is 0 Å². The SMILES string of the molecule is CN=C(NCc1nncn1C)N1CCC2(CCC2)C1. The Labute approximate surface area is 113 Å². The van der Waals surface area contributed by atoms with Crippen LogP contribution in [0.1, 0.15) is 31.5 Å². The largest absolute Gasteiger partial charge is 0.349 e. The van der Waals surface area contributed by atoms with Crippen LogP contribution in [-0.4, -0.2) is 45.8 Å². The van der Waals surface area contributed by atoms with Crippen LogP contribution in [0.4, 0.5) is 0 Å². The van der Waals surface area contributed by atoms with E-state index in [2.05, 4.69) is 25.4 Å². The van der Waals surface area contributed by atoms with Crippen LogP contribution < -0.4 is 5.32 Å². The van der Waals surface area contributed by atoms with Crippen LogP contribution in [0, 0.1) is 5.41 Å². The summed E-state index contributed by atoms with van der Waals surface area (Å²) in [5, 5.41) is 11.4. The fourth-order valence-electron chi connectivity index (χ4n) is 3.16. The van der Waals surface area contributed by atoms with E-state index in [1.54, 1.807) is 6.33 Å². The molecule has 0 radical (unpaired) electrons. The van der Waals surface area contributed by atoms with Crippen molar-refractivity contribution in [3.05, 3.63) is 12.2 Å². The van der Waals surface area contributed by atoms with Gasteiger partial charge in [0.15, 0.2) is 11.8 Å². The highest BCUT2D eigenvalue weighted by atomic mass is 15.3. The lowest BCUT2D eigenvalue weighted by Gasteiger charge is -2.38. The maximum Gasteiger partial charge on any atom is 0.194 e. The standard InChI is InChI=1S/C13H22N6/c1-14-12(15-8-11-17-16-10-18(11)2)19-7-6-13(9-19)4-3-5-13/h10H,3-9H2,1-2H3,(H,14,15). The van der Waals surface area contributed by atoms with E-state index in [4.69, 9.17) is 0 Å². The molecule has 19 heavy (non-hydrogen) atoms. The minimum atomic E-state index is 0.600. The second-order valence-corrected chi connectivity index (χ2v) is 5.78. The van der Waals surface area contributed by atoms with Gasteiger partial charge in [0.2, 0.25) is 0 Å². The minimum absolute atomic E-state index is 0.600. The van der Waals surface area contributed by atoms with E-state index < -0.39 is 0 Å². The third-order valence-corrected chi connectivity index (χ3v) is 4.57. The van der Waals surface area contributed by atoms with Crippen LogP contribution in [0.5, 0.6) is 0 Å². The lowest BCUT2D eigenvalue weighted by Crippen LogP contribution is -2.42. The molecular weight excluding hydrogens is 240 g/mol. The van der Waals surface area contributed by atoms with Crippen LogP contribution in [0.2, 0.25) is 0 Å². The number of aliphatic imine (C=N–C) groups is 1. The summed E-state index contributed by atoms with van der Waals surface area (Å²) >= 11 is 0. The zero-order valence-electron chi connectivity index (χ0n) is 11.8. The van der Waals surface area contributed by atoms with Crippen molar-refractivity contribution >= 4 is 5.96 Å². The summed E-state index contributed by atoms with van der Waals surface area (Å²) in [4.78, 5) is 6.78. The summed E-state index contributed by atoms with van der Waals surface area (Å²) in [5.41, 5.74) is 0.600. The number of nitrogens with zero attached hydrogens (tertiary/aromatic N) is 5. The smallest absolute Gasteiger partial charge is 0.194 e. The van der Waals surface area contributed by atoms with Gasteiger partial charge in [-0.2, -0.15) is 0 Å². The van der Waals surface area contributed by atoms with E-state index in [0.29, 0.717) is 12.0 Å². The molecule has 1 saturated carbocycles. The van der Waals surface area contributed by atoms with Crippen molar-refractivity contribution in [3.63, 3.8) is 0 Å². The van der Waals surface area contributed by atoms with Crippen LogP contribution >= 0.6 is 0 Å². The molecule has 1 aromatic rings. The van der Waals surface area contributed by atoms with E-state index >= 15 is 0 Å². The van der Waals surface area contributed by atoms with Crippen LogP contribution in [-0.2, 0) is 13.6 Å². The predicted octanol–water partition coefficient (Wildman–Crippen LogP) is 0.766. The number of aryl methyl sites for hydroxylation is 1. The topological polar surface area (TPSA) is 58.3 Å². The summed E-state index contributed by atoms with van der Waals surface area (Å²) in [5.74, 6) is 1.92. The van der Waals surface area contributed by atoms with Gasteiger partial charge in [-0.05, 0) is 24.7 Å². The van der Waals surface area contributed by atoms with Gasteiger partial charge < -0.3 is 14.8 Å². The molecule has 1 aromatic heterocycles. The molecule has 0 aromatic carbocycles. The molecule has 104 valence electrons. The normalized spacial score (nSPS) is 21.8. The maximum absolute atomic E-state index is 4.40. The number of likely N-dealkylation sites (tertiary alicyclic amines) is 1. The molecule has 1 aliphatic heterocycles. The van der Waals surface area contributed by atoms with Gasteiger partial charge in [0.05, 0.1) is 6.54 Å². The van der Waals surface area contributed by atoms with E-state index in [-0.39, 0.29) is 0 Å². The second-order valence-electron chi connectivity index (χ2n) is 5.78. The highest BCUT2D eigenvalue weighted by Gasteiger charge is 2.43. The Morgan fingerprint density at radius 1 is 1.47 bits per heavy atom. The van der Waals surface area contributed by atoms with Gasteiger partial charge in [0.1, 0.15) is 6.33 Å². The van der Waals surface area contributed by atoms with Gasteiger partial charge in [0, 0.05) is 27.2 Å². The fourth-order valence-corrected chi connectivity index (χ4v) is 3.16. The zero-order chi connectivity index (χ0) is 13.3. The number of aromatic nitrogens is 3. The molecular formula is C13H22N6. The molecule has 1 saturated heterocycles. The van der Waals surface area contributed by atoms with Gasteiger partial charge in [-0.15, -0.1) is 10.2 Å². The van der Waals surface area contributed by atoms with E-state index in [1.807, 2.05) is 18.7 Å². The Morgan fingerprint density at radius 3 is 2.84 bits per heavy atom. The van der Waals surface area contributed by atoms with Crippen molar-refractivity contribution in [2.24, 2.45) is 17.5 Å². The number of nitrogens with one attached hydrogen (secondary N) is 1. The molecule has 6 heteroatoms. The van der Waals surface area contributed by atoms with Crippen molar-refractivity contribution in [2.75, 3.05) is 20.1 Å². The Morgan fingerprint density at radius 2 is 2.32 bits per heavy atom. The summed E-state index contributed by atoms with van der Waals surface area (Å²) in [6.07, 6.45) is 7.23. The third-order valence-electron chi connectivity index (χ3n) is 4.57. The molecule has 0 unspecified atom stereocenters. The molecule has 1 aliphatic carbocycles. The monoisotopic (exact) mass is 262 g/mol. The number of guanidine groups is 1. The van der Waals surface area contributed by atoms with Crippen molar-refractivity contribution in [1.82, 2.24) is 25.0 Å².